The Balaban J connectivity index is 1.65. The number of carbonyl (C=O) groups is 3. The predicted octanol–water partition coefficient (Wildman–Crippen LogP) is 0.478. The van der Waals surface area contributed by atoms with Crippen LogP contribution in [0.2, 0.25) is 0 Å². The molecule has 1 fully saturated rings. The minimum atomic E-state index is -1.79. The van der Waals surface area contributed by atoms with Gasteiger partial charge in [0.15, 0.2) is 5.78 Å². The zero-order valence-electron chi connectivity index (χ0n) is 14.3. The largest absolute Gasteiger partial charge is 0.453 e. The molecule has 9 heteroatoms. The third-order valence-electron chi connectivity index (χ3n) is 4.42. The van der Waals surface area contributed by atoms with Gasteiger partial charge in [0.05, 0.1) is 24.6 Å². The summed E-state index contributed by atoms with van der Waals surface area (Å²) in [4.78, 5) is 38.0. The van der Waals surface area contributed by atoms with Crippen molar-refractivity contribution in [2.75, 3.05) is 33.5 Å². The number of rotatable bonds is 4. The van der Waals surface area contributed by atoms with Crippen LogP contribution in [0.4, 0.5) is 9.18 Å². The molecule has 8 nitrogen and oxygen atoms in total. The van der Waals surface area contributed by atoms with E-state index in [4.69, 9.17) is 4.74 Å². The van der Waals surface area contributed by atoms with Gasteiger partial charge in [0.25, 0.3) is 0 Å². The maximum atomic E-state index is 14.7. The van der Waals surface area contributed by atoms with Crippen LogP contribution in [-0.4, -0.2) is 73.2 Å². The van der Waals surface area contributed by atoms with E-state index in [1.807, 2.05) is 0 Å². The molecule has 1 amide bonds. The number of methoxy groups -OCH3 is 1. The Morgan fingerprint density at radius 1 is 1.42 bits per heavy atom. The first-order chi connectivity index (χ1) is 12.5. The number of nitrogens with zero attached hydrogens (tertiary/aromatic N) is 2. The summed E-state index contributed by atoms with van der Waals surface area (Å²) < 4.78 is 24.7. The monoisotopic (exact) mass is 365 g/mol. The molecule has 2 heterocycles. The van der Waals surface area contributed by atoms with Gasteiger partial charge in [-0.1, -0.05) is 0 Å². The summed E-state index contributed by atoms with van der Waals surface area (Å²) in [5.41, 5.74) is 0.463. The summed E-state index contributed by atoms with van der Waals surface area (Å²) in [5, 5.41) is 2.53. The number of alkyl carbamates (subject to hydrolysis) is 1. The minimum Gasteiger partial charge on any atom is -0.453 e. The van der Waals surface area contributed by atoms with Gasteiger partial charge >= 0.3 is 6.09 Å². The third kappa shape index (κ3) is 3.77. The highest BCUT2D eigenvalue weighted by atomic mass is 19.1. The van der Waals surface area contributed by atoms with Crippen molar-refractivity contribution in [3.63, 3.8) is 0 Å². The topological polar surface area (TPSA) is 88.2 Å². The smallest absolute Gasteiger partial charge is 0.406 e. The first-order valence-corrected chi connectivity index (χ1v) is 8.26. The van der Waals surface area contributed by atoms with Crippen molar-refractivity contribution in [1.82, 2.24) is 15.1 Å². The highest BCUT2D eigenvalue weighted by molar-refractivity contribution is 6.01. The molecule has 0 saturated carbocycles. The molecule has 2 aliphatic heterocycles. The van der Waals surface area contributed by atoms with Gasteiger partial charge in [-0.25, -0.2) is 9.18 Å². The molecule has 1 aliphatic carbocycles. The van der Waals surface area contributed by atoms with Crippen LogP contribution in [0.25, 0.3) is 0 Å². The molecule has 1 saturated heterocycles. The number of amides is 1. The van der Waals surface area contributed by atoms with Gasteiger partial charge in [-0.2, -0.15) is 0 Å². The number of Topliss-reactive ketones (excluding diaryl/α,β-unsaturated/α-hetero) is 1. The molecular weight excluding hydrogens is 345 g/mol. The number of ether oxygens (including phenoxy) is 2. The number of allylic oxidation sites excluding steroid dienone is 5. The van der Waals surface area contributed by atoms with Crippen LogP contribution in [0.15, 0.2) is 35.8 Å². The van der Waals surface area contributed by atoms with Crippen molar-refractivity contribution in [3.8, 4) is 0 Å². The van der Waals surface area contributed by atoms with Crippen molar-refractivity contribution in [1.29, 1.82) is 0 Å². The van der Waals surface area contributed by atoms with E-state index in [0.29, 0.717) is 19.5 Å². The number of hydrogen-bond donors (Lipinski definition) is 1. The van der Waals surface area contributed by atoms with E-state index in [-0.39, 0.29) is 36.6 Å². The van der Waals surface area contributed by atoms with Crippen LogP contribution >= 0.6 is 0 Å². The van der Waals surface area contributed by atoms with Crippen molar-refractivity contribution >= 4 is 17.7 Å². The molecule has 26 heavy (non-hydrogen) atoms. The van der Waals surface area contributed by atoms with E-state index in [2.05, 4.69) is 10.1 Å². The zero-order valence-corrected chi connectivity index (χ0v) is 14.3. The number of alkyl halides is 1. The summed E-state index contributed by atoms with van der Waals surface area (Å²) in [6, 6.07) is 0. The molecule has 0 aromatic carbocycles. The molecule has 2 atom stereocenters. The normalized spacial score (nSPS) is 25.9. The van der Waals surface area contributed by atoms with E-state index < -0.39 is 18.0 Å². The summed E-state index contributed by atoms with van der Waals surface area (Å²) in [5.74, 6) is -0.658. The lowest BCUT2D eigenvalue weighted by molar-refractivity contribution is -0.121. The number of nitrogens with one attached hydrogen (secondary N) is 1. The highest BCUT2D eigenvalue weighted by Crippen LogP contribution is 2.27. The SMILES string of the molecule is COC(=O)NCC1CN(C2=CC=C(N3C=CC(=O)CC3)C(F)C2=O)CO1. The number of carbonyl (C=O) groups excluding carboxylic acids is 3. The van der Waals surface area contributed by atoms with Crippen molar-refractivity contribution in [3.05, 3.63) is 35.8 Å². The van der Waals surface area contributed by atoms with Gasteiger partial charge in [-0.15, -0.1) is 0 Å². The fourth-order valence-corrected chi connectivity index (χ4v) is 2.98. The fourth-order valence-electron chi connectivity index (χ4n) is 2.98. The van der Waals surface area contributed by atoms with E-state index >= 15 is 0 Å². The second kappa shape index (κ2) is 7.69. The van der Waals surface area contributed by atoms with E-state index in [1.165, 1.54) is 19.4 Å². The Kier molecular flexibility index (Phi) is 5.36. The zero-order chi connectivity index (χ0) is 18.7. The lowest BCUT2D eigenvalue weighted by atomic mass is 10.0. The molecule has 0 aromatic heterocycles. The van der Waals surface area contributed by atoms with Crippen molar-refractivity contribution in [2.24, 2.45) is 0 Å². The van der Waals surface area contributed by atoms with Gasteiger partial charge in [0, 0.05) is 32.3 Å². The fraction of sp³-hybridized carbons (Fsp3) is 0.471. The highest BCUT2D eigenvalue weighted by Gasteiger charge is 2.36. The van der Waals surface area contributed by atoms with Crippen LogP contribution < -0.4 is 5.32 Å². The molecular formula is C17H20FN3O5. The van der Waals surface area contributed by atoms with Crippen LogP contribution in [0.1, 0.15) is 6.42 Å². The van der Waals surface area contributed by atoms with E-state index in [0.717, 1.165) is 0 Å². The average molecular weight is 365 g/mol. The summed E-state index contributed by atoms with van der Waals surface area (Å²) in [7, 11) is 1.27. The second-order valence-corrected chi connectivity index (χ2v) is 6.11. The lowest BCUT2D eigenvalue weighted by Crippen LogP contribution is -2.39. The minimum absolute atomic E-state index is 0.0172. The van der Waals surface area contributed by atoms with Crippen molar-refractivity contribution in [2.45, 2.75) is 18.7 Å². The molecule has 1 N–H and O–H groups in total. The molecule has 0 bridgehead atoms. The Hall–Kier alpha value is -2.68. The Morgan fingerprint density at radius 3 is 2.92 bits per heavy atom. The lowest BCUT2D eigenvalue weighted by Gasteiger charge is -2.31. The van der Waals surface area contributed by atoms with Gasteiger partial charge in [0.1, 0.15) is 6.73 Å². The standard InChI is InChI=1S/C17H20FN3O5/c1-25-17(24)19-8-12-9-21(10-26-12)14-3-2-13(15(18)16(14)23)20-6-4-11(22)5-7-20/h2-4,6,12,15H,5,7-10H2,1H3,(H,19,24). The number of hydrogen-bond acceptors (Lipinski definition) is 7. The molecule has 0 spiro atoms. The van der Waals surface area contributed by atoms with Crippen LogP contribution in [0, 0.1) is 0 Å². The molecule has 0 radical (unpaired) electrons. The van der Waals surface area contributed by atoms with Gasteiger partial charge in [-0.05, 0) is 18.2 Å². The summed E-state index contributed by atoms with van der Waals surface area (Å²) in [6.07, 6.45) is 3.63. The quantitative estimate of drug-likeness (QED) is 0.775. The van der Waals surface area contributed by atoms with Gasteiger partial charge in [0.2, 0.25) is 12.0 Å². The molecule has 3 aliphatic rings. The first-order valence-electron chi connectivity index (χ1n) is 8.26. The van der Waals surface area contributed by atoms with Crippen LogP contribution in [-0.2, 0) is 19.1 Å². The van der Waals surface area contributed by atoms with Gasteiger partial charge in [-0.3, -0.25) is 9.59 Å². The molecule has 0 aromatic rings. The Labute approximate surface area is 149 Å². The summed E-state index contributed by atoms with van der Waals surface area (Å²) >= 11 is 0. The van der Waals surface area contributed by atoms with E-state index in [1.54, 1.807) is 22.0 Å². The second-order valence-electron chi connectivity index (χ2n) is 6.11. The van der Waals surface area contributed by atoms with Crippen LogP contribution in [0.5, 0.6) is 0 Å². The Bertz CT molecular complexity index is 703. The summed E-state index contributed by atoms with van der Waals surface area (Å²) in [6.45, 7) is 1.08. The molecule has 3 rings (SSSR count). The van der Waals surface area contributed by atoms with E-state index in [9.17, 15) is 18.8 Å². The van der Waals surface area contributed by atoms with Gasteiger partial charge < -0.3 is 24.6 Å². The Morgan fingerprint density at radius 2 is 2.23 bits per heavy atom. The molecule has 140 valence electrons. The molecule has 2 unspecified atom stereocenters. The third-order valence-corrected chi connectivity index (χ3v) is 4.42. The first kappa shape index (κ1) is 18.1. The van der Waals surface area contributed by atoms with Crippen LogP contribution in [0.3, 0.4) is 0 Å². The number of halogens is 1. The maximum absolute atomic E-state index is 14.7. The van der Waals surface area contributed by atoms with Crippen molar-refractivity contribution < 1.29 is 28.2 Å². The average Bonchev–Trinajstić information content (AvgIpc) is 3.11. The predicted molar refractivity (Wildman–Crippen MR) is 88.4 cm³/mol. The maximum Gasteiger partial charge on any atom is 0.406 e. The number of ketones is 2.